The maximum Gasteiger partial charge on any atom is 0.314 e. The Balaban J connectivity index is 1.54. The van der Waals surface area contributed by atoms with Crippen molar-refractivity contribution >= 4 is 64.2 Å². The minimum absolute atomic E-state index is 0.208. The Hall–Kier alpha value is -1.35. The number of alkyl halides is 3. The lowest BCUT2D eigenvalue weighted by Crippen LogP contribution is -2.67. The molecule has 3 rings (SSSR count). The van der Waals surface area contributed by atoms with Crippen LogP contribution in [-0.4, -0.2) is 57.7 Å². The highest BCUT2D eigenvalue weighted by Gasteiger charge is 2.54. The summed E-state index contributed by atoms with van der Waals surface area (Å²) in [5.41, 5.74) is 0.349. The number of benzene rings is 1. The fourth-order valence-corrected chi connectivity index (χ4v) is 4.43. The third-order valence-electron chi connectivity index (χ3n) is 4.49. The van der Waals surface area contributed by atoms with E-state index >= 15 is 0 Å². The zero-order valence-corrected chi connectivity index (χ0v) is 18.8. The monoisotopic (exact) mass is 480 g/mol. The van der Waals surface area contributed by atoms with Crippen molar-refractivity contribution in [1.82, 2.24) is 4.90 Å². The molecular formula is C18H19Cl3N2O5S. The number of amides is 1. The quantitative estimate of drug-likeness (QED) is 0.268. The molecule has 0 aromatic heterocycles. The number of rotatable bonds is 6. The summed E-state index contributed by atoms with van der Waals surface area (Å²) >= 11 is 18.3. The summed E-state index contributed by atoms with van der Waals surface area (Å²) in [5, 5.41) is 3.76. The third kappa shape index (κ3) is 5.23. The summed E-state index contributed by atoms with van der Waals surface area (Å²) < 4.78 is 8.53. The van der Waals surface area contributed by atoms with Crippen LogP contribution in [0, 0.1) is 5.41 Å². The smallest absolute Gasteiger partial charge is 0.314 e. The maximum absolute atomic E-state index is 12.4. The van der Waals surface area contributed by atoms with Crippen LogP contribution in [0.1, 0.15) is 12.5 Å². The number of esters is 1. The van der Waals surface area contributed by atoms with Crippen LogP contribution < -0.4 is 4.74 Å². The molecule has 7 nitrogen and oxygen atoms in total. The Bertz CT molecular complexity index is 815. The second-order valence-electron chi connectivity index (χ2n) is 6.95. The van der Waals surface area contributed by atoms with E-state index in [2.05, 4.69) is 5.16 Å². The average molecular weight is 482 g/mol. The van der Waals surface area contributed by atoms with Gasteiger partial charge in [0.05, 0.1) is 12.5 Å². The molecule has 0 N–H and O–H groups in total. The topological polar surface area (TPSA) is 77.4 Å². The second kappa shape index (κ2) is 8.79. The molecule has 1 aromatic rings. The Kier molecular flexibility index (Phi) is 6.77. The van der Waals surface area contributed by atoms with Gasteiger partial charge in [0.25, 0.3) is 5.91 Å². The van der Waals surface area contributed by atoms with Gasteiger partial charge in [-0.1, -0.05) is 52.1 Å². The highest BCUT2D eigenvalue weighted by atomic mass is 35.6. The number of carbonyl (C=O) groups excluding carboxylic acids is 2. The SMILES string of the molecule is COc1ccc(CON=C2C(=O)N3CC(C)(C(=O)OCC(Cl)(Cl)Cl)CS[C@H]23)cc1. The number of nitrogens with zero attached hydrogens (tertiary/aromatic N) is 2. The van der Waals surface area contributed by atoms with Crippen molar-refractivity contribution in [3.8, 4) is 5.75 Å². The van der Waals surface area contributed by atoms with E-state index in [0.717, 1.165) is 11.3 Å². The number of carbonyl (C=O) groups is 2. The van der Waals surface area contributed by atoms with E-state index in [1.165, 1.54) is 11.8 Å². The van der Waals surface area contributed by atoms with Gasteiger partial charge < -0.3 is 19.2 Å². The van der Waals surface area contributed by atoms with Gasteiger partial charge in [-0.3, -0.25) is 9.59 Å². The van der Waals surface area contributed by atoms with Crippen LogP contribution in [0.5, 0.6) is 5.75 Å². The molecule has 1 amide bonds. The van der Waals surface area contributed by atoms with E-state index in [9.17, 15) is 9.59 Å². The number of methoxy groups -OCH3 is 1. The summed E-state index contributed by atoms with van der Waals surface area (Å²) in [7, 11) is 1.60. The summed E-state index contributed by atoms with van der Waals surface area (Å²) in [5.74, 6) is 0.414. The van der Waals surface area contributed by atoms with Crippen molar-refractivity contribution in [2.75, 3.05) is 26.0 Å². The van der Waals surface area contributed by atoms with Crippen LogP contribution in [-0.2, 0) is 25.8 Å². The van der Waals surface area contributed by atoms with E-state index in [0.29, 0.717) is 11.5 Å². The van der Waals surface area contributed by atoms with Crippen molar-refractivity contribution in [2.45, 2.75) is 22.7 Å². The van der Waals surface area contributed by atoms with Crippen molar-refractivity contribution < 1.29 is 23.9 Å². The molecule has 1 aromatic carbocycles. The molecule has 0 aliphatic carbocycles. The number of β-lactam (4-membered cyclic amide) rings is 1. The molecule has 158 valence electrons. The highest BCUT2D eigenvalue weighted by molar-refractivity contribution is 8.01. The largest absolute Gasteiger partial charge is 0.497 e. The van der Waals surface area contributed by atoms with Crippen molar-refractivity contribution in [1.29, 1.82) is 0 Å². The molecule has 2 saturated heterocycles. The molecule has 0 saturated carbocycles. The first-order valence-corrected chi connectivity index (χ1v) is 10.8. The van der Waals surface area contributed by atoms with Crippen molar-refractivity contribution in [2.24, 2.45) is 10.6 Å². The van der Waals surface area contributed by atoms with Gasteiger partial charge in [-0.25, -0.2) is 0 Å². The molecule has 11 heteroatoms. The molecule has 0 spiro atoms. The van der Waals surface area contributed by atoms with Crippen LogP contribution in [0.2, 0.25) is 0 Å². The molecule has 0 radical (unpaired) electrons. The molecule has 2 heterocycles. The van der Waals surface area contributed by atoms with Crippen molar-refractivity contribution in [3.63, 3.8) is 0 Å². The number of fused-ring (bicyclic) bond motifs is 1. The standard InChI is InChI=1S/C18H19Cl3N2O5S/c1-17(16(25)27-9-18(19,20)21)8-23-14(24)13(15(23)29-10-17)22-28-7-11-3-5-12(26-2)6-4-11/h3-6,15H,7-10H2,1-2H3/t15-,17?/m1/s1. The molecular weight excluding hydrogens is 463 g/mol. The van der Waals surface area contributed by atoms with Gasteiger partial charge in [0.2, 0.25) is 3.79 Å². The lowest BCUT2D eigenvalue weighted by molar-refractivity contribution is -0.156. The van der Waals surface area contributed by atoms with Crippen LogP contribution in [0.3, 0.4) is 0 Å². The van der Waals surface area contributed by atoms with E-state index in [1.807, 2.05) is 24.3 Å². The summed E-state index contributed by atoms with van der Waals surface area (Å²) in [4.78, 5) is 31.7. The number of hydrogen-bond acceptors (Lipinski definition) is 7. The normalized spacial score (nSPS) is 25.3. The Morgan fingerprint density at radius 3 is 2.66 bits per heavy atom. The molecule has 2 aliphatic rings. The minimum atomic E-state index is -1.68. The molecule has 2 aliphatic heterocycles. The van der Waals surface area contributed by atoms with E-state index in [4.69, 9.17) is 49.1 Å². The fourth-order valence-electron chi connectivity index (χ4n) is 2.88. The number of halogens is 3. The summed E-state index contributed by atoms with van der Waals surface area (Å²) in [6, 6.07) is 7.36. The van der Waals surface area contributed by atoms with Gasteiger partial charge in [0.15, 0.2) is 5.71 Å². The summed E-state index contributed by atoms with van der Waals surface area (Å²) in [6.45, 7) is 1.82. The maximum atomic E-state index is 12.4. The lowest BCUT2D eigenvalue weighted by atomic mass is 9.90. The fraction of sp³-hybridized carbons (Fsp3) is 0.500. The molecule has 29 heavy (non-hydrogen) atoms. The predicted octanol–water partition coefficient (Wildman–Crippen LogP) is 3.40. The van der Waals surface area contributed by atoms with Gasteiger partial charge in [0.1, 0.15) is 24.3 Å². The highest BCUT2D eigenvalue weighted by Crippen LogP contribution is 2.41. The molecule has 2 atom stereocenters. The van der Waals surface area contributed by atoms with Gasteiger partial charge in [0, 0.05) is 12.3 Å². The first-order valence-electron chi connectivity index (χ1n) is 8.62. The molecule has 1 unspecified atom stereocenters. The van der Waals surface area contributed by atoms with E-state index in [-0.39, 0.29) is 31.0 Å². The zero-order chi connectivity index (χ0) is 21.2. The lowest BCUT2D eigenvalue weighted by Gasteiger charge is -2.49. The number of hydrogen-bond donors (Lipinski definition) is 0. The summed E-state index contributed by atoms with van der Waals surface area (Å²) in [6.07, 6.45) is 0. The van der Waals surface area contributed by atoms with Crippen LogP contribution in [0.15, 0.2) is 29.4 Å². The van der Waals surface area contributed by atoms with E-state index in [1.54, 1.807) is 18.9 Å². The third-order valence-corrected chi connectivity index (χ3v) is 6.41. The van der Waals surface area contributed by atoms with Gasteiger partial charge >= 0.3 is 5.97 Å². The van der Waals surface area contributed by atoms with Crippen LogP contribution in [0.4, 0.5) is 0 Å². The number of oxime groups is 1. The second-order valence-corrected chi connectivity index (χ2v) is 10.5. The first-order chi connectivity index (χ1) is 13.6. The van der Waals surface area contributed by atoms with Crippen molar-refractivity contribution in [3.05, 3.63) is 29.8 Å². The van der Waals surface area contributed by atoms with Crippen LogP contribution in [0.25, 0.3) is 0 Å². The van der Waals surface area contributed by atoms with Gasteiger partial charge in [-0.15, -0.1) is 11.8 Å². The Morgan fingerprint density at radius 1 is 1.34 bits per heavy atom. The first kappa shape index (κ1) is 22.3. The zero-order valence-electron chi connectivity index (χ0n) is 15.7. The minimum Gasteiger partial charge on any atom is -0.497 e. The number of ether oxygens (including phenoxy) is 2. The van der Waals surface area contributed by atoms with E-state index < -0.39 is 15.2 Å². The molecule has 0 bridgehead atoms. The predicted molar refractivity (Wildman–Crippen MR) is 113 cm³/mol. The average Bonchev–Trinajstić information content (AvgIpc) is 2.69. The van der Waals surface area contributed by atoms with Crippen LogP contribution >= 0.6 is 46.6 Å². The Labute approximate surface area is 187 Å². The molecule has 2 fully saturated rings. The van der Waals surface area contributed by atoms with Gasteiger partial charge in [-0.05, 0) is 24.6 Å². The Morgan fingerprint density at radius 2 is 2.03 bits per heavy atom. The van der Waals surface area contributed by atoms with Gasteiger partial charge in [-0.2, -0.15) is 0 Å². The number of thioether (sulfide) groups is 1.